The van der Waals surface area contributed by atoms with Gasteiger partial charge in [-0.2, -0.15) is 0 Å². The van der Waals surface area contributed by atoms with Crippen LogP contribution in [0.1, 0.15) is 35.2 Å². The number of carbonyl (C=O) groups is 1. The van der Waals surface area contributed by atoms with Gasteiger partial charge in [0.15, 0.2) is 17.2 Å². The van der Waals surface area contributed by atoms with E-state index >= 15 is 0 Å². The van der Waals surface area contributed by atoms with E-state index in [-0.39, 0.29) is 27.4 Å². The first-order valence-electron chi connectivity index (χ1n) is 8.84. The lowest BCUT2D eigenvalue weighted by Gasteiger charge is -2.18. The highest BCUT2D eigenvalue weighted by Gasteiger charge is 2.23. The summed E-state index contributed by atoms with van der Waals surface area (Å²) in [6, 6.07) is 6.21. The van der Waals surface area contributed by atoms with Gasteiger partial charge in [0.2, 0.25) is 5.75 Å². The number of carbonyl (C=O) groups excluding carboxylic acids is 1. The predicted molar refractivity (Wildman–Crippen MR) is 117 cm³/mol. The summed E-state index contributed by atoms with van der Waals surface area (Å²) >= 11 is 13.7. The Hall–Kier alpha value is -2.61. The zero-order chi connectivity index (χ0) is 21.6. The number of aromatic nitrogens is 1. The van der Waals surface area contributed by atoms with E-state index in [0.29, 0.717) is 21.4 Å². The zero-order valence-corrected chi connectivity index (χ0v) is 18.2. The predicted octanol–water partition coefficient (Wildman–Crippen LogP) is 6.93. The van der Waals surface area contributed by atoms with E-state index in [2.05, 4.69) is 4.98 Å². The molecule has 0 amide bonds. The summed E-state index contributed by atoms with van der Waals surface area (Å²) in [4.78, 5) is 17.3. The number of pyridine rings is 1. The summed E-state index contributed by atoms with van der Waals surface area (Å²) in [7, 11) is 0. The van der Waals surface area contributed by atoms with Crippen LogP contribution in [0.15, 0.2) is 41.1 Å². The van der Waals surface area contributed by atoms with Crippen molar-refractivity contribution in [3.63, 3.8) is 0 Å². The smallest absolute Gasteiger partial charge is 0.205 e. The molecular weight excluding hydrogens is 450 g/mol. The van der Waals surface area contributed by atoms with E-state index < -0.39 is 11.9 Å². The van der Waals surface area contributed by atoms with Gasteiger partial charge in [-0.1, -0.05) is 23.2 Å². The maximum absolute atomic E-state index is 13.9. The molecule has 9 heteroatoms. The van der Waals surface area contributed by atoms with Gasteiger partial charge in [-0.05, 0) is 38.1 Å². The standard InChI is InChI=1S/C21H15Cl2FN2O3S/c1-9(27)15-5-6-16(30-15)12-8-28-19-11(12)7-26-21(25)20(19)29-10(2)17-13(22)3-4-14(24)18(17)23/h3-8,10H,1-2H3,(H2,25,26)/t10-/m1/s1. The van der Waals surface area contributed by atoms with Crippen LogP contribution in [0, 0.1) is 5.82 Å². The van der Waals surface area contributed by atoms with Crippen molar-refractivity contribution in [1.82, 2.24) is 4.98 Å². The van der Waals surface area contributed by atoms with Gasteiger partial charge >= 0.3 is 0 Å². The van der Waals surface area contributed by atoms with Gasteiger partial charge in [0.1, 0.15) is 18.2 Å². The van der Waals surface area contributed by atoms with Gasteiger partial charge in [-0.25, -0.2) is 9.37 Å². The van der Waals surface area contributed by atoms with Crippen molar-refractivity contribution in [3.05, 3.63) is 63.0 Å². The molecule has 4 aromatic rings. The minimum atomic E-state index is -0.727. The Bertz CT molecular complexity index is 1280. The van der Waals surface area contributed by atoms with E-state index in [1.54, 1.807) is 25.5 Å². The number of nitrogens with two attached hydrogens (primary N) is 1. The molecule has 0 aliphatic heterocycles. The van der Waals surface area contributed by atoms with Gasteiger partial charge < -0.3 is 14.9 Å². The number of nitrogens with zero attached hydrogens (tertiary/aromatic N) is 1. The number of fused-ring (bicyclic) bond motifs is 1. The van der Waals surface area contributed by atoms with Crippen LogP contribution in [0.3, 0.4) is 0 Å². The number of ether oxygens (including phenoxy) is 1. The summed E-state index contributed by atoms with van der Waals surface area (Å²) < 4.78 is 25.6. The quantitative estimate of drug-likeness (QED) is 0.256. The summed E-state index contributed by atoms with van der Waals surface area (Å²) in [5.41, 5.74) is 7.47. The third-order valence-corrected chi connectivity index (χ3v) is 6.53. The van der Waals surface area contributed by atoms with Gasteiger partial charge in [0.25, 0.3) is 0 Å². The molecule has 30 heavy (non-hydrogen) atoms. The monoisotopic (exact) mass is 464 g/mol. The van der Waals surface area contributed by atoms with Crippen molar-refractivity contribution in [1.29, 1.82) is 0 Å². The first-order chi connectivity index (χ1) is 14.3. The molecule has 3 heterocycles. The molecule has 0 fully saturated rings. The minimum absolute atomic E-state index is 0.0110. The van der Waals surface area contributed by atoms with Crippen molar-refractivity contribution in [3.8, 4) is 16.2 Å². The number of thiophene rings is 1. The number of nitrogen functional groups attached to an aromatic ring is 1. The van der Waals surface area contributed by atoms with Crippen molar-refractivity contribution < 1.29 is 18.3 Å². The highest BCUT2D eigenvalue weighted by molar-refractivity contribution is 7.17. The average molecular weight is 465 g/mol. The lowest BCUT2D eigenvalue weighted by Crippen LogP contribution is -2.08. The molecule has 0 radical (unpaired) electrons. The fraction of sp³-hybridized carbons (Fsp3) is 0.143. The Kier molecular flexibility index (Phi) is 5.44. The highest BCUT2D eigenvalue weighted by Crippen LogP contribution is 2.42. The maximum atomic E-state index is 13.9. The number of hydrogen-bond acceptors (Lipinski definition) is 6. The second-order valence-electron chi connectivity index (χ2n) is 6.60. The topological polar surface area (TPSA) is 78.3 Å². The van der Waals surface area contributed by atoms with E-state index in [9.17, 15) is 9.18 Å². The second kappa shape index (κ2) is 7.91. The van der Waals surface area contributed by atoms with Crippen molar-refractivity contribution in [2.24, 2.45) is 0 Å². The Morgan fingerprint density at radius 2 is 2.07 bits per heavy atom. The lowest BCUT2D eigenvalue weighted by atomic mass is 10.1. The van der Waals surface area contributed by atoms with Gasteiger partial charge in [-0.15, -0.1) is 11.3 Å². The first-order valence-corrected chi connectivity index (χ1v) is 10.4. The van der Waals surface area contributed by atoms with Crippen LogP contribution in [0.5, 0.6) is 5.75 Å². The number of anilines is 1. The Balaban J connectivity index is 1.77. The molecule has 154 valence electrons. The SMILES string of the molecule is CC(=O)c1ccc(-c2coc3c(O[C@H](C)c4c(Cl)ccc(F)c4Cl)c(N)ncc23)s1. The zero-order valence-electron chi connectivity index (χ0n) is 15.8. The summed E-state index contributed by atoms with van der Waals surface area (Å²) in [5.74, 6) is -0.307. The highest BCUT2D eigenvalue weighted by atomic mass is 35.5. The molecule has 0 aliphatic carbocycles. The molecule has 0 saturated carbocycles. The largest absolute Gasteiger partial charge is 0.478 e. The fourth-order valence-electron chi connectivity index (χ4n) is 3.11. The molecule has 3 aromatic heterocycles. The molecule has 0 unspecified atom stereocenters. The molecule has 4 rings (SSSR count). The Labute approximate surface area is 185 Å². The summed E-state index contributed by atoms with van der Waals surface area (Å²) in [6.07, 6.45) is 2.41. The number of benzene rings is 1. The first kappa shape index (κ1) is 20.7. The van der Waals surface area contributed by atoms with Crippen LogP contribution >= 0.6 is 34.5 Å². The number of furan rings is 1. The van der Waals surface area contributed by atoms with Crippen LogP contribution in [-0.4, -0.2) is 10.8 Å². The number of rotatable bonds is 5. The summed E-state index contributed by atoms with van der Waals surface area (Å²) in [5, 5.41) is 0.812. The van der Waals surface area contributed by atoms with Crippen LogP contribution in [0.25, 0.3) is 21.4 Å². The molecule has 0 spiro atoms. The fourth-order valence-corrected chi connectivity index (χ4v) is 4.71. The molecule has 1 atom stereocenters. The average Bonchev–Trinajstić information content (AvgIpc) is 3.34. The van der Waals surface area contributed by atoms with Gasteiger partial charge in [0, 0.05) is 27.2 Å². The normalized spacial score (nSPS) is 12.3. The Morgan fingerprint density at radius 1 is 1.30 bits per heavy atom. The number of ketones is 1. The molecule has 2 N–H and O–H groups in total. The lowest BCUT2D eigenvalue weighted by molar-refractivity contribution is 0.102. The van der Waals surface area contributed by atoms with Crippen LogP contribution in [-0.2, 0) is 0 Å². The Morgan fingerprint density at radius 3 is 2.77 bits per heavy atom. The van der Waals surface area contributed by atoms with Crippen molar-refractivity contribution in [2.45, 2.75) is 20.0 Å². The van der Waals surface area contributed by atoms with E-state index in [1.165, 1.54) is 30.4 Å². The molecule has 0 aliphatic rings. The van der Waals surface area contributed by atoms with E-state index in [4.69, 9.17) is 38.1 Å². The molecular formula is C21H15Cl2FN2O3S. The third-order valence-electron chi connectivity index (χ3n) is 4.60. The molecule has 5 nitrogen and oxygen atoms in total. The number of Topliss-reactive ketones (excluding diaryl/α,β-unsaturated/α-hetero) is 1. The number of halogens is 3. The second-order valence-corrected chi connectivity index (χ2v) is 8.47. The molecule has 0 saturated heterocycles. The maximum Gasteiger partial charge on any atom is 0.205 e. The van der Waals surface area contributed by atoms with E-state index in [0.717, 1.165) is 10.4 Å². The van der Waals surface area contributed by atoms with E-state index in [1.807, 2.05) is 6.07 Å². The molecule has 0 bridgehead atoms. The number of hydrogen-bond donors (Lipinski definition) is 1. The van der Waals surface area contributed by atoms with Crippen LogP contribution < -0.4 is 10.5 Å². The molecule has 1 aromatic carbocycles. The summed E-state index contributed by atoms with van der Waals surface area (Å²) in [6.45, 7) is 3.19. The van der Waals surface area contributed by atoms with Crippen LogP contribution in [0.4, 0.5) is 10.2 Å². The van der Waals surface area contributed by atoms with Crippen molar-refractivity contribution in [2.75, 3.05) is 5.73 Å². The van der Waals surface area contributed by atoms with Gasteiger partial charge in [-0.3, -0.25) is 4.79 Å². The minimum Gasteiger partial charge on any atom is -0.478 e. The van der Waals surface area contributed by atoms with Gasteiger partial charge in [0.05, 0.1) is 15.3 Å². The van der Waals surface area contributed by atoms with Crippen LogP contribution in [0.2, 0.25) is 10.0 Å². The van der Waals surface area contributed by atoms with Crippen molar-refractivity contribution >= 4 is 57.1 Å². The third kappa shape index (κ3) is 3.53.